The van der Waals surface area contributed by atoms with Gasteiger partial charge in [0.05, 0.1) is 0 Å². The molecule has 1 aromatic carbocycles. The molecule has 0 aromatic heterocycles. The monoisotopic (exact) mass is 289 g/mol. The number of nitrogens with zero attached hydrogens (tertiary/aromatic N) is 1. The molecule has 0 aliphatic carbocycles. The molecule has 0 unspecified atom stereocenters. The first-order valence-electron chi connectivity index (χ1n) is 7.60. The number of amides is 3. The van der Waals surface area contributed by atoms with E-state index in [2.05, 4.69) is 10.6 Å². The topological polar surface area (TPSA) is 61.4 Å². The van der Waals surface area contributed by atoms with E-state index in [-0.39, 0.29) is 11.9 Å². The van der Waals surface area contributed by atoms with Crippen LogP contribution >= 0.6 is 0 Å². The van der Waals surface area contributed by atoms with Crippen LogP contribution in [0.15, 0.2) is 24.3 Å². The van der Waals surface area contributed by atoms with Crippen LogP contribution in [0.25, 0.3) is 0 Å². The molecular formula is C16H23N3O2. The van der Waals surface area contributed by atoms with Gasteiger partial charge in [0.25, 0.3) is 5.91 Å². The molecular weight excluding hydrogens is 266 g/mol. The number of carbonyl (C=O) groups is 2. The van der Waals surface area contributed by atoms with Crippen LogP contribution in [-0.4, -0.2) is 36.5 Å². The molecule has 1 saturated heterocycles. The van der Waals surface area contributed by atoms with Gasteiger partial charge in [0.1, 0.15) is 0 Å². The van der Waals surface area contributed by atoms with E-state index in [0.29, 0.717) is 18.7 Å². The van der Waals surface area contributed by atoms with Crippen molar-refractivity contribution in [3.8, 4) is 0 Å². The highest BCUT2D eigenvalue weighted by molar-refractivity contribution is 5.94. The maximum Gasteiger partial charge on any atom is 0.317 e. The molecule has 2 rings (SSSR count). The van der Waals surface area contributed by atoms with Gasteiger partial charge in [-0.05, 0) is 37.0 Å². The van der Waals surface area contributed by atoms with Crippen molar-refractivity contribution in [2.75, 3.05) is 19.6 Å². The van der Waals surface area contributed by atoms with Gasteiger partial charge in [0, 0.05) is 31.7 Å². The molecule has 114 valence electrons. The van der Waals surface area contributed by atoms with Crippen LogP contribution in [0.2, 0.25) is 0 Å². The Balaban J connectivity index is 1.88. The second kappa shape index (κ2) is 7.67. The number of hydrogen-bond donors (Lipinski definition) is 2. The Kier molecular flexibility index (Phi) is 5.60. The lowest BCUT2D eigenvalue weighted by Gasteiger charge is -2.16. The Labute approximate surface area is 125 Å². The minimum absolute atomic E-state index is 0.0201. The molecule has 1 heterocycles. The average molecular weight is 289 g/mol. The van der Waals surface area contributed by atoms with Gasteiger partial charge >= 0.3 is 6.03 Å². The van der Waals surface area contributed by atoms with Gasteiger partial charge in [0.15, 0.2) is 0 Å². The van der Waals surface area contributed by atoms with Crippen molar-refractivity contribution >= 4 is 11.9 Å². The standard InChI is InChI=1S/C16H23N3O2/c1-2-8-17-15(20)14-7-5-6-13(11-14)12-18-16(21)19-9-3-4-10-19/h5-7,11H,2-4,8-10,12H2,1H3,(H,17,20)(H,18,21). The van der Waals surface area contributed by atoms with Crippen molar-refractivity contribution in [2.45, 2.75) is 32.7 Å². The Morgan fingerprint density at radius 2 is 1.95 bits per heavy atom. The lowest BCUT2D eigenvalue weighted by Crippen LogP contribution is -2.37. The largest absolute Gasteiger partial charge is 0.352 e. The molecule has 0 saturated carbocycles. The molecule has 5 nitrogen and oxygen atoms in total. The minimum Gasteiger partial charge on any atom is -0.352 e. The van der Waals surface area contributed by atoms with Crippen molar-refractivity contribution in [1.29, 1.82) is 0 Å². The van der Waals surface area contributed by atoms with Gasteiger partial charge in [-0.2, -0.15) is 0 Å². The summed E-state index contributed by atoms with van der Waals surface area (Å²) in [5.41, 5.74) is 1.57. The zero-order chi connectivity index (χ0) is 15.1. The Morgan fingerprint density at radius 3 is 2.67 bits per heavy atom. The summed E-state index contributed by atoms with van der Waals surface area (Å²) in [6, 6.07) is 7.36. The molecule has 0 radical (unpaired) electrons. The third-order valence-electron chi connectivity index (χ3n) is 3.56. The van der Waals surface area contributed by atoms with Crippen molar-refractivity contribution < 1.29 is 9.59 Å². The van der Waals surface area contributed by atoms with E-state index < -0.39 is 0 Å². The highest BCUT2D eigenvalue weighted by atomic mass is 16.2. The highest BCUT2D eigenvalue weighted by Gasteiger charge is 2.17. The molecule has 0 spiro atoms. The predicted octanol–water partition coefficient (Wildman–Crippen LogP) is 2.13. The van der Waals surface area contributed by atoms with Gasteiger partial charge < -0.3 is 15.5 Å². The molecule has 21 heavy (non-hydrogen) atoms. The number of hydrogen-bond acceptors (Lipinski definition) is 2. The van der Waals surface area contributed by atoms with E-state index >= 15 is 0 Å². The summed E-state index contributed by atoms with van der Waals surface area (Å²) in [6.07, 6.45) is 3.08. The van der Waals surface area contributed by atoms with E-state index in [4.69, 9.17) is 0 Å². The van der Waals surface area contributed by atoms with Crippen LogP contribution in [0.3, 0.4) is 0 Å². The van der Waals surface area contributed by atoms with E-state index in [0.717, 1.165) is 37.9 Å². The van der Waals surface area contributed by atoms with Crippen molar-refractivity contribution in [3.05, 3.63) is 35.4 Å². The van der Waals surface area contributed by atoms with Crippen LogP contribution < -0.4 is 10.6 Å². The zero-order valence-electron chi connectivity index (χ0n) is 12.5. The Hall–Kier alpha value is -2.04. The fourth-order valence-electron chi connectivity index (χ4n) is 2.37. The lowest BCUT2D eigenvalue weighted by atomic mass is 10.1. The maximum atomic E-state index is 11.9. The maximum absolute atomic E-state index is 11.9. The van der Waals surface area contributed by atoms with Gasteiger partial charge in [-0.1, -0.05) is 19.1 Å². The average Bonchev–Trinajstić information content (AvgIpc) is 3.05. The second-order valence-electron chi connectivity index (χ2n) is 5.31. The summed E-state index contributed by atoms with van der Waals surface area (Å²) in [4.78, 5) is 25.6. The molecule has 0 bridgehead atoms. The van der Waals surface area contributed by atoms with Crippen LogP contribution in [0.1, 0.15) is 42.1 Å². The summed E-state index contributed by atoms with van der Waals surface area (Å²) in [5, 5.41) is 5.76. The highest BCUT2D eigenvalue weighted by Crippen LogP contribution is 2.09. The van der Waals surface area contributed by atoms with E-state index in [1.807, 2.05) is 30.0 Å². The molecule has 0 atom stereocenters. The lowest BCUT2D eigenvalue weighted by molar-refractivity contribution is 0.0953. The van der Waals surface area contributed by atoms with Gasteiger partial charge in [-0.3, -0.25) is 4.79 Å². The molecule has 1 aliphatic heterocycles. The Morgan fingerprint density at radius 1 is 1.19 bits per heavy atom. The number of benzene rings is 1. The normalized spacial score (nSPS) is 14.0. The van der Waals surface area contributed by atoms with Crippen LogP contribution in [0, 0.1) is 0 Å². The molecule has 1 fully saturated rings. The smallest absolute Gasteiger partial charge is 0.317 e. The van der Waals surface area contributed by atoms with Gasteiger partial charge in [0.2, 0.25) is 0 Å². The SMILES string of the molecule is CCCNC(=O)c1cccc(CNC(=O)N2CCCC2)c1. The van der Waals surface area contributed by atoms with Gasteiger partial charge in [-0.25, -0.2) is 4.79 Å². The minimum atomic E-state index is -0.0652. The predicted molar refractivity (Wildman–Crippen MR) is 82.1 cm³/mol. The first-order valence-corrected chi connectivity index (χ1v) is 7.60. The van der Waals surface area contributed by atoms with Crippen molar-refractivity contribution in [3.63, 3.8) is 0 Å². The molecule has 1 aliphatic rings. The van der Waals surface area contributed by atoms with E-state index in [9.17, 15) is 9.59 Å². The number of carbonyl (C=O) groups excluding carboxylic acids is 2. The summed E-state index contributed by atoms with van der Waals surface area (Å²) >= 11 is 0. The molecule has 2 N–H and O–H groups in total. The number of rotatable bonds is 5. The summed E-state index contributed by atoms with van der Waals surface area (Å²) in [6.45, 7) is 4.82. The number of urea groups is 1. The third-order valence-corrected chi connectivity index (χ3v) is 3.56. The molecule has 3 amide bonds. The van der Waals surface area contributed by atoms with Crippen LogP contribution in [-0.2, 0) is 6.54 Å². The first-order chi connectivity index (χ1) is 10.2. The summed E-state index contributed by atoms with van der Waals surface area (Å²) in [5.74, 6) is -0.0652. The zero-order valence-corrected chi connectivity index (χ0v) is 12.5. The summed E-state index contributed by atoms with van der Waals surface area (Å²) in [7, 11) is 0. The van der Waals surface area contributed by atoms with Crippen LogP contribution in [0.5, 0.6) is 0 Å². The third kappa shape index (κ3) is 4.48. The Bertz CT molecular complexity index is 496. The molecule has 1 aromatic rings. The first kappa shape index (κ1) is 15.4. The second-order valence-corrected chi connectivity index (χ2v) is 5.31. The number of nitrogens with one attached hydrogen (secondary N) is 2. The summed E-state index contributed by atoms with van der Waals surface area (Å²) < 4.78 is 0. The quantitative estimate of drug-likeness (QED) is 0.872. The van der Waals surface area contributed by atoms with E-state index in [1.165, 1.54) is 0 Å². The van der Waals surface area contributed by atoms with Crippen molar-refractivity contribution in [2.24, 2.45) is 0 Å². The fourth-order valence-corrected chi connectivity index (χ4v) is 2.37. The number of likely N-dealkylation sites (tertiary alicyclic amines) is 1. The van der Waals surface area contributed by atoms with Gasteiger partial charge in [-0.15, -0.1) is 0 Å². The van der Waals surface area contributed by atoms with Crippen molar-refractivity contribution in [1.82, 2.24) is 15.5 Å². The molecule has 5 heteroatoms. The van der Waals surface area contributed by atoms with Crippen LogP contribution in [0.4, 0.5) is 4.79 Å². The fraction of sp³-hybridized carbons (Fsp3) is 0.500. The van der Waals surface area contributed by atoms with E-state index in [1.54, 1.807) is 6.07 Å².